The molecule has 1 saturated heterocycles. The van der Waals surface area contributed by atoms with Gasteiger partial charge in [0, 0.05) is 45.2 Å². The van der Waals surface area contributed by atoms with Crippen molar-refractivity contribution < 1.29 is 9.53 Å². The SMILES string of the molecule is CN=C(NCc1ccc(CN2CCCC2=O)cc1)NCc1ccccc1OC(C)(C)C.I. The second-order valence-corrected chi connectivity index (χ2v) is 8.84. The van der Waals surface area contributed by atoms with Crippen molar-refractivity contribution in [3.63, 3.8) is 0 Å². The first-order valence-corrected chi connectivity index (χ1v) is 10.9. The lowest BCUT2D eigenvalue weighted by atomic mass is 10.1. The van der Waals surface area contributed by atoms with Gasteiger partial charge in [0.05, 0.1) is 0 Å². The van der Waals surface area contributed by atoms with Gasteiger partial charge in [-0.2, -0.15) is 0 Å². The Morgan fingerprint density at radius 1 is 1.03 bits per heavy atom. The van der Waals surface area contributed by atoms with Crippen molar-refractivity contribution in [2.75, 3.05) is 13.6 Å². The minimum Gasteiger partial charge on any atom is -0.488 e. The number of ether oxygens (including phenoxy) is 1. The Labute approximate surface area is 208 Å². The maximum absolute atomic E-state index is 11.8. The van der Waals surface area contributed by atoms with Crippen molar-refractivity contribution in [1.29, 1.82) is 0 Å². The lowest BCUT2D eigenvalue weighted by molar-refractivity contribution is -0.128. The van der Waals surface area contributed by atoms with E-state index in [9.17, 15) is 4.79 Å². The number of halogens is 1. The summed E-state index contributed by atoms with van der Waals surface area (Å²) in [6, 6.07) is 16.4. The van der Waals surface area contributed by atoms with Crippen LogP contribution in [0.25, 0.3) is 0 Å². The third kappa shape index (κ3) is 8.00. The van der Waals surface area contributed by atoms with Crippen LogP contribution in [0.2, 0.25) is 0 Å². The molecule has 1 amide bonds. The van der Waals surface area contributed by atoms with Gasteiger partial charge in [-0.05, 0) is 44.4 Å². The normalized spacial score (nSPS) is 14.2. The molecule has 0 bridgehead atoms. The molecule has 1 heterocycles. The minimum atomic E-state index is -0.246. The summed E-state index contributed by atoms with van der Waals surface area (Å²) < 4.78 is 6.07. The van der Waals surface area contributed by atoms with Crippen molar-refractivity contribution in [2.24, 2.45) is 4.99 Å². The van der Waals surface area contributed by atoms with Gasteiger partial charge in [0.2, 0.25) is 5.91 Å². The van der Waals surface area contributed by atoms with E-state index < -0.39 is 0 Å². The number of nitrogens with zero attached hydrogens (tertiary/aromatic N) is 2. The molecule has 32 heavy (non-hydrogen) atoms. The molecule has 1 aliphatic rings. The van der Waals surface area contributed by atoms with E-state index in [4.69, 9.17) is 4.74 Å². The van der Waals surface area contributed by atoms with Crippen LogP contribution >= 0.6 is 24.0 Å². The first-order valence-electron chi connectivity index (χ1n) is 10.9. The Morgan fingerprint density at radius 3 is 2.31 bits per heavy atom. The molecule has 2 N–H and O–H groups in total. The highest BCUT2D eigenvalue weighted by Crippen LogP contribution is 2.22. The second-order valence-electron chi connectivity index (χ2n) is 8.84. The van der Waals surface area contributed by atoms with Gasteiger partial charge in [-0.3, -0.25) is 9.79 Å². The highest BCUT2D eigenvalue weighted by atomic mass is 127. The molecular formula is C25H35IN4O2. The fourth-order valence-corrected chi connectivity index (χ4v) is 3.52. The quantitative estimate of drug-likeness (QED) is 0.304. The minimum absolute atomic E-state index is 0. The fraction of sp³-hybridized carbons (Fsp3) is 0.440. The van der Waals surface area contributed by atoms with Crippen LogP contribution in [0.1, 0.15) is 50.3 Å². The van der Waals surface area contributed by atoms with Crippen LogP contribution in [0, 0.1) is 0 Å². The number of amides is 1. The molecule has 0 aromatic heterocycles. The number of hydrogen-bond acceptors (Lipinski definition) is 3. The van der Waals surface area contributed by atoms with E-state index in [1.807, 2.05) is 43.9 Å². The molecule has 0 unspecified atom stereocenters. The Bertz CT molecular complexity index is 907. The third-order valence-corrected chi connectivity index (χ3v) is 5.09. The van der Waals surface area contributed by atoms with Crippen LogP contribution in [0.5, 0.6) is 5.75 Å². The third-order valence-electron chi connectivity index (χ3n) is 5.09. The van der Waals surface area contributed by atoms with Gasteiger partial charge < -0.3 is 20.3 Å². The summed E-state index contributed by atoms with van der Waals surface area (Å²) in [5, 5.41) is 6.72. The summed E-state index contributed by atoms with van der Waals surface area (Å²) >= 11 is 0. The van der Waals surface area contributed by atoms with Crippen LogP contribution in [-0.4, -0.2) is 36.0 Å². The number of carbonyl (C=O) groups is 1. The predicted octanol–water partition coefficient (Wildman–Crippen LogP) is 4.47. The first-order chi connectivity index (χ1) is 14.8. The zero-order valence-electron chi connectivity index (χ0n) is 19.5. The molecule has 1 fully saturated rings. The lowest BCUT2D eigenvalue weighted by Gasteiger charge is -2.23. The number of hydrogen-bond donors (Lipinski definition) is 2. The molecule has 0 radical (unpaired) electrons. The number of guanidine groups is 1. The summed E-state index contributed by atoms with van der Waals surface area (Å²) in [7, 11) is 1.77. The van der Waals surface area contributed by atoms with E-state index in [-0.39, 0.29) is 35.5 Å². The molecule has 174 valence electrons. The number of para-hydroxylation sites is 1. The summed E-state index contributed by atoms with van der Waals surface area (Å²) in [6.45, 7) is 9.00. The lowest BCUT2D eigenvalue weighted by Crippen LogP contribution is -2.36. The molecule has 2 aromatic rings. The number of rotatable bonds is 7. The Balaban J connectivity index is 0.00000363. The van der Waals surface area contributed by atoms with Gasteiger partial charge in [-0.25, -0.2) is 0 Å². The average molecular weight is 550 g/mol. The highest BCUT2D eigenvalue weighted by Gasteiger charge is 2.19. The number of benzene rings is 2. The zero-order valence-corrected chi connectivity index (χ0v) is 21.8. The monoisotopic (exact) mass is 550 g/mol. The van der Waals surface area contributed by atoms with Gasteiger partial charge >= 0.3 is 0 Å². The number of likely N-dealkylation sites (tertiary alicyclic amines) is 1. The van der Waals surface area contributed by atoms with E-state index in [0.29, 0.717) is 26.1 Å². The Morgan fingerprint density at radius 2 is 1.69 bits per heavy atom. The van der Waals surface area contributed by atoms with E-state index >= 15 is 0 Å². The second kappa shape index (κ2) is 12.1. The van der Waals surface area contributed by atoms with E-state index in [1.54, 1.807) is 7.05 Å². The smallest absolute Gasteiger partial charge is 0.222 e. The number of aliphatic imine (C=N–C) groups is 1. The summed E-state index contributed by atoms with van der Waals surface area (Å²) in [5.74, 6) is 1.87. The maximum atomic E-state index is 11.8. The van der Waals surface area contributed by atoms with Crippen LogP contribution in [0.4, 0.5) is 0 Å². The van der Waals surface area contributed by atoms with Crippen LogP contribution < -0.4 is 15.4 Å². The summed E-state index contributed by atoms with van der Waals surface area (Å²) in [4.78, 5) is 18.1. The molecule has 1 aliphatic heterocycles. The fourth-order valence-electron chi connectivity index (χ4n) is 3.52. The van der Waals surface area contributed by atoms with Gasteiger partial charge in [0.25, 0.3) is 0 Å². The predicted molar refractivity (Wildman–Crippen MR) is 140 cm³/mol. The van der Waals surface area contributed by atoms with Gasteiger partial charge in [0.15, 0.2) is 5.96 Å². The van der Waals surface area contributed by atoms with E-state index in [2.05, 4.69) is 46.0 Å². The molecule has 0 spiro atoms. The van der Waals surface area contributed by atoms with Gasteiger partial charge in [-0.15, -0.1) is 24.0 Å². The van der Waals surface area contributed by atoms with Gasteiger partial charge in [-0.1, -0.05) is 42.5 Å². The molecule has 7 heteroatoms. The zero-order chi connectivity index (χ0) is 22.3. The number of carbonyl (C=O) groups excluding carboxylic acids is 1. The summed E-state index contributed by atoms with van der Waals surface area (Å²) in [6.07, 6.45) is 1.65. The largest absolute Gasteiger partial charge is 0.488 e. The Kier molecular flexibility index (Phi) is 9.81. The van der Waals surface area contributed by atoms with Crippen LogP contribution in [0.3, 0.4) is 0 Å². The molecule has 0 atom stereocenters. The van der Waals surface area contributed by atoms with Crippen LogP contribution in [-0.2, 0) is 24.4 Å². The molecule has 3 rings (SSSR count). The molecule has 2 aromatic carbocycles. The summed E-state index contributed by atoms with van der Waals surface area (Å²) in [5.41, 5.74) is 3.17. The van der Waals surface area contributed by atoms with Gasteiger partial charge in [0.1, 0.15) is 11.4 Å². The number of nitrogens with one attached hydrogen (secondary N) is 2. The van der Waals surface area contributed by atoms with E-state index in [1.165, 1.54) is 0 Å². The Hall–Kier alpha value is -2.29. The molecular weight excluding hydrogens is 515 g/mol. The van der Waals surface area contributed by atoms with Crippen LogP contribution in [0.15, 0.2) is 53.5 Å². The van der Waals surface area contributed by atoms with Crippen molar-refractivity contribution in [1.82, 2.24) is 15.5 Å². The van der Waals surface area contributed by atoms with Crippen molar-refractivity contribution >= 4 is 35.8 Å². The topological polar surface area (TPSA) is 66.0 Å². The standard InChI is InChI=1S/C25H34N4O2.HI/c1-25(2,3)31-22-9-6-5-8-21(22)17-28-24(26-4)27-16-19-11-13-20(14-12-19)18-29-15-7-10-23(29)30;/h5-6,8-9,11-14H,7,10,15-18H2,1-4H3,(H2,26,27,28);1H. The molecule has 0 saturated carbocycles. The average Bonchev–Trinajstić information content (AvgIpc) is 3.13. The van der Waals surface area contributed by atoms with Crippen molar-refractivity contribution in [3.05, 3.63) is 65.2 Å². The van der Waals surface area contributed by atoms with E-state index in [0.717, 1.165) is 41.4 Å². The van der Waals surface area contributed by atoms with Crippen molar-refractivity contribution in [2.45, 2.75) is 58.8 Å². The van der Waals surface area contributed by atoms with Crippen molar-refractivity contribution in [3.8, 4) is 5.75 Å². The highest BCUT2D eigenvalue weighted by molar-refractivity contribution is 14.0. The molecule has 6 nitrogen and oxygen atoms in total. The maximum Gasteiger partial charge on any atom is 0.222 e. The molecule has 0 aliphatic carbocycles. The first kappa shape index (κ1) is 26.0.